The molecule has 1 aromatic rings. The molecule has 2 atom stereocenters. The van der Waals surface area contributed by atoms with E-state index in [1.54, 1.807) is 6.07 Å². The fourth-order valence-electron chi connectivity index (χ4n) is 2.99. The molecule has 1 heterocycles. The van der Waals surface area contributed by atoms with E-state index in [2.05, 4.69) is 34.7 Å². The molecule has 5 heteroatoms. The van der Waals surface area contributed by atoms with Gasteiger partial charge in [-0.2, -0.15) is 0 Å². The first-order valence-electron chi connectivity index (χ1n) is 6.61. The number of likely N-dealkylation sites (tertiary alicyclic amines) is 1. The molecule has 2 unspecified atom stereocenters. The lowest BCUT2D eigenvalue weighted by molar-refractivity contribution is -0.385. The lowest BCUT2D eigenvalue weighted by Gasteiger charge is -2.35. The van der Waals surface area contributed by atoms with Crippen LogP contribution in [0.1, 0.15) is 25.8 Å². The Hall–Kier alpha value is -0.940. The normalized spacial score (nSPS) is 24.4. The third kappa shape index (κ3) is 3.54. The summed E-state index contributed by atoms with van der Waals surface area (Å²) in [5.74, 6) is 1.39. The van der Waals surface area contributed by atoms with Gasteiger partial charge >= 0.3 is 0 Å². The van der Waals surface area contributed by atoms with E-state index in [4.69, 9.17) is 0 Å². The number of hydrogen-bond acceptors (Lipinski definition) is 3. The van der Waals surface area contributed by atoms with Crippen molar-refractivity contribution < 1.29 is 4.92 Å². The van der Waals surface area contributed by atoms with Crippen molar-refractivity contribution in [3.05, 3.63) is 38.3 Å². The molecule has 2 rings (SSSR count). The highest BCUT2D eigenvalue weighted by atomic mass is 79.9. The summed E-state index contributed by atoms with van der Waals surface area (Å²) in [4.78, 5) is 13.0. The molecule has 0 aliphatic carbocycles. The van der Waals surface area contributed by atoms with Gasteiger partial charge in [0.2, 0.25) is 0 Å². The van der Waals surface area contributed by atoms with Gasteiger partial charge in [0.15, 0.2) is 0 Å². The topological polar surface area (TPSA) is 46.4 Å². The zero-order valence-electron chi connectivity index (χ0n) is 11.3. The average Bonchev–Trinajstić information content (AvgIpc) is 2.30. The summed E-state index contributed by atoms with van der Waals surface area (Å²) in [5, 5.41) is 10.9. The Kier molecular flexibility index (Phi) is 4.58. The van der Waals surface area contributed by atoms with Crippen molar-refractivity contribution in [2.75, 3.05) is 13.1 Å². The third-order valence-electron chi connectivity index (χ3n) is 3.59. The number of hydrogen-bond donors (Lipinski definition) is 0. The maximum Gasteiger partial charge on any atom is 0.283 e. The van der Waals surface area contributed by atoms with Crippen LogP contribution in [0, 0.1) is 22.0 Å². The number of halogens is 1. The SMILES string of the molecule is CC1CC(C)CN(Cc2cccc([N+](=O)[O-])c2Br)C1. The van der Waals surface area contributed by atoms with Gasteiger partial charge in [0.05, 0.1) is 9.40 Å². The van der Waals surface area contributed by atoms with E-state index < -0.39 is 0 Å². The van der Waals surface area contributed by atoms with Gasteiger partial charge in [-0.15, -0.1) is 0 Å². The number of nitrogens with zero attached hydrogens (tertiary/aromatic N) is 2. The van der Waals surface area contributed by atoms with Crippen molar-refractivity contribution in [1.29, 1.82) is 0 Å². The van der Waals surface area contributed by atoms with E-state index in [9.17, 15) is 10.1 Å². The van der Waals surface area contributed by atoms with Gasteiger partial charge in [0.25, 0.3) is 5.69 Å². The van der Waals surface area contributed by atoms with Crippen LogP contribution in [-0.2, 0) is 6.54 Å². The maximum absolute atomic E-state index is 10.9. The minimum atomic E-state index is -0.338. The Labute approximate surface area is 122 Å². The van der Waals surface area contributed by atoms with E-state index in [1.807, 2.05) is 6.07 Å². The van der Waals surface area contributed by atoms with Gasteiger partial charge in [-0.1, -0.05) is 26.0 Å². The fourth-order valence-corrected chi connectivity index (χ4v) is 3.53. The molecular weight excluding hydrogens is 308 g/mol. The Morgan fingerprint density at radius 3 is 2.58 bits per heavy atom. The molecule has 0 amide bonds. The molecule has 0 saturated carbocycles. The lowest BCUT2D eigenvalue weighted by Crippen LogP contribution is -2.38. The minimum Gasteiger partial charge on any atom is -0.299 e. The molecule has 1 saturated heterocycles. The monoisotopic (exact) mass is 326 g/mol. The van der Waals surface area contributed by atoms with E-state index >= 15 is 0 Å². The molecule has 104 valence electrons. The zero-order chi connectivity index (χ0) is 14.0. The summed E-state index contributed by atoms with van der Waals surface area (Å²) in [6.07, 6.45) is 1.27. The Bertz CT molecular complexity index is 469. The largest absolute Gasteiger partial charge is 0.299 e. The highest BCUT2D eigenvalue weighted by Crippen LogP contribution is 2.30. The number of rotatable bonds is 3. The van der Waals surface area contributed by atoms with Crippen LogP contribution in [0.25, 0.3) is 0 Å². The molecule has 0 N–H and O–H groups in total. The first kappa shape index (κ1) is 14.5. The molecule has 0 bridgehead atoms. The number of piperidine rings is 1. The quantitative estimate of drug-likeness (QED) is 0.626. The average molecular weight is 327 g/mol. The molecule has 1 aliphatic heterocycles. The zero-order valence-corrected chi connectivity index (χ0v) is 12.9. The molecule has 0 radical (unpaired) electrons. The van der Waals surface area contributed by atoms with Crippen molar-refractivity contribution >= 4 is 21.6 Å². The van der Waals surface area contributed by atoms with Crippen LogP contribution in [0.2, 0.25) is 0 Å². The summed E-state index contributed by atoms with van der Waals surface area (Å²) >= 11 is 3.37. The van der Waals surface area contributed by atoms with E-state index in [1.165, 1.54) is 12.5 Å². The molecule has 1 fully saturated rings. The number of nitro groups is 1. The second-order valence-electron chi connectivity index (χ2n) is 5.65. The summed E-state index contributed by atoms with van der Waals surface area (Å²) in [6, 6.07) is 5.26. The number of benzene rings is 1. The summed E-state index contributed by atoms with van der Waals surface area (Å²) < 4.78 is 0.617. The number of nitro benzene ring substituents is 1. The summed E-state index contributed by atoms with van der Waals surface area (Å²) in [6.45, 7) is 7.45. The van der Waals surface area contributed by atoms with Crippen LogP contribution in [0.4, 0.5) is 5.69 Å². The summed E-state index contributed by atoms with van der Waals surface area (Å²) in [5.41, 5.74) is 1.14. The van der Waals surface area contributed by atoms with Crippen molar-refractivity contribution in [2.45, 2.75) is 26.8 Å². The molecular formula is C14H19BrN2O2. The molecule has 1 aliphatic rings. The second kappa shape index (κ2) is 6.01. The van der Waals surface area contributed by atoms with Crippen LogP contribution in [-0.4, -0.2) is 22.9 Å². The van der Waals surface area contributed by atoms with Crippen LogP contribution < -0.4 is 0 Å². The van der Waals surface area contributed by atoms with Crippen LogP contribution >= 0.6 is 15.9 Å². The van der Waals surface area contributed by atoms with Crippen molar-refractivity contribution in [1.82, 2.24) is 4.90 Å². The fraction of sp³-hybridized carbons (Fsp3) is 0.571. The minimum absolute atomic E-state index is 0.149. The highest BCUT2D eigenvalue weighted by molar-refractivity contribution is 9.10. The van der Waals surface area contributed by atoms with E-state index in [0.29, 0.717) is 16.3 Å². The molecule has 0 aromatic heterocycles. The Morgan fingerprint density at radius 2 is 2.00 bits per heavy atom. The lowest BCUT2D eigenvalue weighted by atomic mass is 9.91. The predicted octanol–water partition coefficient (Wildman–Crippen LogP) is 3.84. The van der Waals surface area contributed by atoms with Crippen molar-refractivity contribution in [3.63, 3.8) is 0 Å². The Morgan fingerprint density at radius 1 is 1.37 bits per heavy atom. The third-order valence-corrected chi connectivity index (χ3v) is 4.51. The van der Waals surface area contributed by atoms with Crippen molar-refractivity contribution in [2.24, 2.45) is 11.8 Å². The van der Waals surface area contributed by atoms with Crippen molar-refractivity contribution in [3.8, 4) is 0 Å². The van der Waals surface area contributed by atoms with Gasteiger partial charge in [-0.25, -0.2) is 0 Å². The van der Waals surface area contributed by atoms with Gasteiger partial charge in [-0.05, 0) is 39.8 Å². The molecule has 19 heavy (non-hydrogen) atoms. The van der Waals surface area contributed by atoms with E-state index in [-0.39, 0.29) is 10.6 Å². The van der Waals surface area contributed by atoms with Gasteiger partial charge in [0.1, 0.15) is 0 Å². The molecule has 0 spiro atoms. The van der Waals surface area contributed by atoms with Crippen LogP contribution in [0.15, 0.2) is 22.7 Å². The smallest absolute Gasteiger partial charge is 0.283 e. The molecule has 1 aromatic carbocycles. The van der Waals surface area contributed by atoms with Gasteiger partial charge < -0.3 is 0 Å². The second-order valence-corrected chi connectivity index (χ2v) is 6.44. The maximum atomic E-state index is 10.9. The standard InChI is InChI=1S/C14H19BrN2O2/c1-10-6-11(2)8-16(7-10)9-12-4-3-5-13(14(12)15)17(18)19/h3-5,10-11H,6-9H2,1-2H3. The molecule has 4 nitrogen and oxygen atoms in total. The Balaban J connectivity index is 2.15. The van der Waals surface area contributed by atoms with Crippen LogP contribution in [0.3, 0.4) is 0 Å². The van der Waals surface area contributed by atoms with Gasteiger partial charge in [-0.3, -0.25) is 15.0 Å². The highest BCUT2D eigenvalue weighted by Gasteiger charge is 2.23. The first-order valence-corrected chi connectivity index (χ1v) is 7.40. The van der Waals surface area contributed by atoms with Crippen LogP contribution in [0.5, 0.6) is 0 Å². The van der Waals surface area contributed by atoms with Gasteiger partial charge in [0, 0.05) is 25.7 Å². The first-order chi connectivity index (χ1) is 8.97. The van der Waals surface area contributed by atoms with E-state index in [0.717, 1.165) is 25.2 Å². The summed E-state index contributed by atoms with van der Waals surface area (Å²) in [7, 11) is 0. The predicted molar refractivity (Wildman–Crippen MR) is 79.0 cm³/mol.